The van der Waals surface area contributed by atoms with Crippen molar-refractivity contribution in [3.05, 3.63) is 35.7 Å². The normalized spacial score (nSPS) is 31.8. The zero-order valence-corrected chi connectivity index (χ0v) is 16.6. The van der Waals surface area contributed by atoms with E-state index in [0.29, 0.717) is 17.3 Å². The van der Waals surface area contributed by atoms with Crippen molar-refractivity contribution in [3.63, 3.8) is 0 Å². The number of nitrogens with one attached hydrogen (secondary N) is 2. The van der Waals surface area contributed by atoms with Crippen molar-refractivity contribution >= 4 is 11.9 Å². The Morgan fingerprint density at radius 2 is 1.79 bits per heavy atom. The van der Waals surface area contributed by atoms with Crippen LogP contribution in [0, 0.1) is 11.8 Å². The molecular formula is C22H26N4O3. The summed E-state index contributed by atoms with van der Waals surface area (Å²) in [5.41, 5.74) is 0.490. The maximum atomic E-state index is 12.1. The van der Waals surface area contributed by atoms with Gasteiger partial charge in [-0.2, -0.15) is 4.98 Å². The smallest absolute Gasteiger partial charge is 0.322 e. The molecule has 1 aliphatic heterocycles. The molecule has 2 aliphatic carbocycles. The van der Waals surface area contributed by atoms with Gasteiger partial charge >= 0.3 is 6.03 Å². The largest absolute Gasteiger partial charge is 0.339 e. The van der Waals surface area contributed by atoms with E-state index >= 15 is 0 Å². The Morgan fingerprint density at radius 3 is 2.52 bits per heavy atom. The van der Waals surface area contributed by atoms with Gasteiger partial charge in [0.1, 0.15) is 5.54 Å². The van der Waals surface area contributed by atoms with Crippen LogP contribution in [0.4, 0.5) is 4.79 Å². The minimum absolute atomic E-state index is 0.351. The topological polar surface area (TPSA) is 97.1 Å². The summed E-state index contributed by atoms with van der Waals surface area (Å²) in [7, 11) is 0. The van der Waals surface area contributed by atoms with Crippen molar-refractivity contribution in [2.75, 3.05) is 0 Å². The van der Waals surface area contributed by atoms with E-state index in [9.17, 15) is 9.59 Å². The van der Waals surface area contributed by atoms with Crippen LogP contribution in [0.15, 0.2) is 28.8 Å². The summed E-state index contributed by atoms with van der Waals surface area (Å²) >= 11 is 0. The van der Waals surface area contributed by atoms with Gasteiger partial charge in [0.25, 0.3) is 5.91 Å². The molecule has 1 saturated heterocycles. The summed E-state index contributed by atoms with van der Waals surface area (Å²) in [6.45, 7) is 1.69. The summed E-state index contributed by atoms with van der Waals surface area (Å²) in [6.07, 6.45) is 9.04. The van der Waals surface area contributed by atoms with Crippen LogP contribution in [0.2, 0.25) is 0 Å². The van der Waals surface area contributed by atoms with Crippen molar-refractivity contribution in [2.24, 2.45) is 11.8 Å². The number of fused-ring (bicyclic) bond motifs is 1. The summed E-state index contributed by atoms with van der Waals surface area (Å²) in [5, 5.41) is 9.16. The van der Waals surface area contributed by atoms with E-state index in [4.69, 9.17) is 4.52 Å². The van der Waals surface area contributed by atoms with Gasteiger partial charge in [0.05, 0.1) is 0 Å². The van der Waals surface area contributed by atoms with Gasteiger partial charge in [-0.15, -0.1) is 0 Å². The highest BCUT2D eigenvalue weighted by molar-refractivity contribution is 6.07. The van der Waals surface area contributed by atoms with Crippen molar-refractivity contribution < 1.29 is 14.1 Å². The number of hydrogen-bond acceptors (Lipinski definition) is 5. The van der Waals surface area contributed by atoms with E-state index < -0.39 is 11.6 Å². The Bertz CT molecular complexity index is 938. The number of amides is 3. The first-order valence-electron chi connectivity index (χ1n) is 10.6. The molecule has 152 valence electrons. The van der Waals surface area contributed by atoms with Crippen LogP contribution in [0.1, 0.15) is 69.2 Å². The summed E-state index contributed by atoms with van der Waals surface area (Å²) in [6, 6.07) is 6.90. The van der Waals surface area contributed by atoms with Gasteiger partial charge in [0, 0.05) is 11.5 Å². The highest BCUT2D eigenvalue weighted by Crippen LogP contribution is 2.45. The third-order valence-corrected chi connectivity index (χ3v) is 7.10. The number of urea groups is 1. The third-order valence-electron chi connectivity index (χ3n) is 7.10. The third kappa shape index (κ3) is 3.22. The summed E-state index contributed by atoms with van der Waals surface area (Å²) in [4.78, 5) is 28.3. The fraction of sp³-hybridized carbons (Fsp3) is 0.545. The summed E-state index contributed by atoms with van der Waals surface area (Å²) in [5.74, 6) is 3.04. The zero-order chi connectivity index (χ0) is 20.0. The zero-order valence-electron chi connectivity index (χ0n) is 16.6. The minimum Gasteiger partial charge on any atom is -0.339 e. The van der Waals surface area contributed by atoms with Crippen LogP contribution in [-0.4, -0.2) is 22.1 Å². The van der Waals surface area contributed by atoms with Crippen LogP contribution in [0.3, 0.4) is 0 Å². The number of rotatable bonds is 3. The molecule has 7 heteroatoms. The van der Waals surface area contributed by atoms with E-state index in [0.717, 1.165) is 29.7 Å². The maximum absolute atomic E-state index is 12.1. The van der Waals surface area contributed by atoms with Crippen LogP contribution in [-0.2, 0) is 10.3 Å². The molecule has 5 rings (SSSR count). The monoisotopic (exact) mass is 394 g/mol. The number of hydrogen-bond donors (Lipinski definition) is 2. The number of aromatic nitrogens is 2. The average molecular weight is 394 g/mol. The fourth-order valence-electron chi connectivity index (χ4n) is 5.32. The lowest BCUT2D eigenvalue weighted by molar-refractivity contribution is -0.123. The Kier molecular flexibility index (Phi) is 4.41. The van der Waals surface area contributed by atoms with Crippen molar-refractivity contribution in [2.45, 2.75) is 63.3 Å². The molecule has 29 heavy (non-hydrogen) atoms. The number of carbonyl (C=O) groups excluding carboxylic acids is 2. The second kappa shape index (κ2) is 6.97. The van der Waals surface area contributed by atoms with Crippen LogP contribution >= 0.6 is 0 Å². The second-order valence-corrected chi connectivity index (χ2v) is 8.88. The van der Waals surface area contributed by atoms with Crippen molar-refractivity contribution in [1.82, 2.24) is 20.8 Å². The molecule has 2 saturated carbocycles. The molecule has 2 N–H and O–H groups in total. The molecule has 2 heterocycles. The molecule has 0 bridgehead atoms. The number of imide groups is 1. The highest BCUT2D eigenvalue weighted by atomic mass is 16.5. The van der Waals surface area contributed by atoms with Gasteiger partial charge in [0.15, 0.2) is 0 Å². The number of carbonyl (C=O) groups is 2. The fourth-order valence-corrected chi connectivity index (χ4v) is 5.32. The Balaban J connectivity index is 1.32. The molecule has 0 radical (unpaired) electrons. The molecule has 3 amide bonds. The maximum Gasteiger partial charge on any atom is 0.322 e. The molecule has 2 aromatic rings. The van der Waals surface area contributed by atoms with E-state index in [1.54, 1.807) is 6.92 Å². The Labute approximate surface area is 169 Å². The van der Waals surface area contributed by atoms with Crippen molar-refractivity contribution in [3.8, 4) is 11.4 Å². The van der Waals surface area contributed by atoms with Gasteiger partial charge in [0.2, 0.25) is 11.7 Å². The first-order chi connectivity index (χ1) is 14.0. The number of nitrogens with zero attached hydrogens (tertiary/aromatic N) is 2. The first-order valence-corrected chi connectivity index (χ1v) is 10.6. The number of benzene rings is 1. The molecule has 0 spiro atoms. The molecular weight excluding hydrogens is 368 g/mol. The lowest BCUT2D eigenvalue weighted by Gasteiger charge is -2.38. The van der Waals surface area contributed by atoms with E-state index in [-0.39, 0.29) is 5.91 Å². The quantitative estimate of drug-likeness (QED) is 0.771. The van der Waals surface area contributed by atoms with Gasteiger partial charge in [-0.25, -0.2) is 4.79 Å². The first kappa shape index (κ1) is 18.3. The van der Waals surface area contributed by atoms with Crippen LogP contribution < -0.4 is 10.6 Å². The van der Waals surface area contributed by atoms with Gasteiger partial charge < -0.3 is 9.84 Å². The molecule has 4 atom stereocenters. The average Bonchev–Trinajstić information content (AvgIpc) is 3.33. The van der Waals surface area contributed by atoms with Crippen LogP contribution in [0.25, 0.3) is 11.4 Å². The summed E-state index contributed by atoms with van der Waals surface area (Å²) < 4.78 is 5.64. The second-order valence-electron chi connectivity index (χ2n) is 8.88. The molecule has 3 aliphatic rings. The predicted molar refractivity (Wildman–Crippen MR) is 106 cm³/mol. The highest BCUT2D eigenvalue weighted by Gasteiger charge is 2.43. The van der Waals surface area contributed by atoms with Crippen LogP contribution in [0.5, 0.6) is 0 Å². The van der Waals surface area contributed by atoms with E-state index in [1.165, 1.54) is 38.5 Å². The van der Waals surface area contributed by atoms with Gasteiger partial charge in [-0.1, -0.05) is 55.1 Å². The van der Waals surface area contributed by atoms with E-state index in [1.807, 2.05) is 24.3 Å². The van der Waals surface area contributed by atoms with Gasteiger partial charge in [-0.05, 0) is 43.6 Å². The molecule has 3 fully saturated rings. The Hall–Kier alpha value is -2.70. The predicted octanol–water partition coefficient (Wildman–Crippen LogP) is 3.87. The van der Waals surface area contributed by atoms with Crippen molar-refractivity contribution in [1.29, 1.82) is 0 Å². The molecule has 1 aromatic carbocycles. The lowest BCUT2D eigenvalue weighted by atomic mass is 9.67. The molecule has 1 aromatic heterocycles. The lowest BCUT2D eigenvalue weighted by Crippen LogP contribution is -2.40. The minimum atomic E-state index is -1.06. The SMILES string of the molecule is CC1(c2ccc(-c3noc(C4CCC5CCCCC5C4)n3)cc2)NC(=O)NC1=O. The Morgan fingerprint density at radius 1 is 1.03 bits per heavy atom. The van der Waals surface area contributed by atoms with E-state index in [2.05, 4.69) is 20.8 Å². The van der Waals surface area contributed by atoms with Gasteiger partial charge in [-0.3, -0.25) is 10.1 Å². The standard InChI is InChI=1S/C22H26N4O3/c1-22(20(27)24-21(28)25-22)17-10-8-14(9-11-17)18-23-19(29-26-18)16-7-6-13-4-2-3-5-15(13)12-16/h8-11,13,15-16H,2-7,12H2,1H3,(H2,24,25,27,28). The molecule has 7 nitrogen and oxygen atoms in total. The molecule has 4 unspecified atom stereocenters.